The average Bonchev–Trinajstić information content (AvgIpc) is 2.55. The minimum absolute atomic E-state index is 0.675. The highest BCUT2D eigenvalue weighted by Gasteiger charge is 2.48. The first-order chi connectivity index (χ1) is 7.33. The zero-order valence-corrected chi connectivity index (χ0v) is 9.65. The van der Waals surface area contributed by atoms with Crippen molar-refractivity contribution < 1.29 is 0 Å². The molecule has 1 heterocycles. The minimum atomic E-state index is 0.675. The Morgan fingerprint density at radius 2 is 2.33 bits per heavy atom. The topological polar surface area (TPSA) is 3.24 Å². The van der Waals surface area contributed by atoms with E-state index in [2.05, 4.69) is 30.6 Å². The van der Waals surface area contributed by atoms with Crippen molar-refractivity contribution in [3.05, 3.63) is 24.4 Å². The van der Waals surface area contributed by atoms with Crippen LogP contribution in [-0.2, 0) is 0 Å². The molecule has 1 aliphatic heterocycles. The second-order valence-corrected chi connectivity index (χ2v) is 5.30. The number of rotatable bonds is 1. The zero-order valence-electron chi connectivity index (χ0n) is 9.65. The Kier molecular flexibility index (Phi) is 2.15. The smallest absolute Gasteiger partial charge is 0.0327 e. The van der Waals surface area contributed by atoms with E-state index in [1.165, 1.54) is 31.4 Å². The SMILES string of the molecule is C=C1C2C=CCC3CCCC(C32)N1CC. The van der Waals surface area contributed by atoms with Gasteiger partial charge in [0.2, 0.25) is 0 Å². The maximum absolute atomic E-state index is 4.33. The molecule has 3 aliphatic rings. The van der Waals surface area contributed by atoms with Crippen LogP contribution in [0.15, 0.2) is 24.4 Å². The van der Waals surface area contributed by atoms with Crippen LogP contribution in [0.3, 0.4) is 0 Å². The van der Waals surface area contributed by atoms with Crippen molar-refractivity contribution in [2.45, 2.75) is 38.6 Å². The van der Waals surface area contributed by atoms with Crippen LogP contribution in [0.5, 0.6) is 0 Å². The molecule has 1 nitrogen and oxygen atoms in total. The van der Waals surface area contributed by atoms with Gasteiger partial charge in [0.1, 0.15) is 0 Å². The molecule has 0 aromatic heterocycles. The average molecular weight is 203 g/mol. The van der Waals surface area contributed by atoms with Gasteiger partial charge in [-0.25, -0.2) is 0 Å². The third-order valence-electron chi connectivity index (χ3n) is 4.76. The summed E-state index contributed by atoms with van der Waals surface area (Å²) in [6.07, 6.45) is 10.4. The molecule has 0 aromatic rings. The van der Waals surface area contributed by atoms with Crippen molar-refractivity contribution in [2.24, 2.45) is 17.8 Å². The predicted molar refractivity (Wildman–Crippen MR) is 63.4 cm³/mol. The summed E-state index contributed by atoms with van der Waals surface area (Å²) in [6, 6.07) is 0.816. The van der Waals surface area contributed by atoms with Crippen molar-refractivity contribution in [1.29, 1.82) is 0 Å². The Balaban J connectivity index is 1.98. The molecule has 0 amide bonds. The fourth-order valence-electron chi connectivity index (χ4n) is 4.16. The fraction of sp³-hybridized carbons (Fsp3) is 0.714. The fourth-order valence-corrected chi connectivity index (χ4v) is 4.16. The Bertz CT molecular complexity index is 304. The highest BCUT2D eigenvalue weighted by molar-refractivity contribution is 5.23. The number of allylic oxidation sites excluding steroid dienone is 2. The van der Waals surface area contributed by atoms with Crippen molar-refractivity contribution >= 4 is 0 Å². The van der Waals surface area contributed by atoms with Crippen LogP contribution in [0.1, 0.15) is 32.6 Å². The van der Waals surface area contributed by atoms with E-state index in [1.54, 1.807) is 0 Å². The van der Waals surface area contributed by atoms with Gasteiger partial charge in [-0.05, 0) is 38.0 Å². The molecule has 15 heavy (non-hydrogen) atoms. The van der Waals surface area contributed by atoms with E-state index in [0.29, 0.717) is 5.92 Å². The van der Waals surface area contributed by atoms with Crippen LogP contribution in [0.2, 0.25) is 0 Å². The maximum atomic E-state index is 4.33. The van der Waals surface area contributed by atoms with Gasteiger partial charge in [0.15, 0.2) is 0 Å². The predicted octanol–water partition coefficient (Wildman–Crippen LogP) is 3.20. The monoisotopic (exact) mass is 203 g/mol. The van der Waals surface area contributed by atoms with Gasteiger partial charge < -0.3 is 4.90 Å². The van der Waals surface area contributed by atoms with Gasteiger partial charge in [-0.15, -0.1) is 0 Å². The van der Waals surface area contributed by atoms with Crippen molar-refractivity contribution in [3.63, 3.8) is 0 Å². The highest BCUT2D eigenvalue weighted by atomic mass is 15.2. The minimum Gasteiger partial charge on any atom is -0.372 e. The van der Waals surface area contributed by atoms with Crippen molar-refractivity contribution in [1.82, 2.24) is 4.90 Å². The van der Waals surface area contributed by atoms with Crippen LogP contribution in [0.4, 0.5) is 0 Å². The first-order valence-corrected chi connectivity index (χ1v) is 6.45. The van der Waals surface area contributed by atoms with Crippen LogP contribution >= 0.6 is 0 Å². The van der Waals surface area contributed by atoms with Crippen LogP contribution in [0, 0.1) is 17.8 Å². The molecule has 0 spiro atoms. The summed E-state index contributed by atoms with van der Waals surface area (Å²) in [5.74, 6) is 2.53. The molecule has 82 valence electrons. The Morgan fingerprint density at radius 3 is 3.13 bits per heavy atom. The number of nitrogens with zero attached hydrogens (tertiary/aromatic N) is 1. The van der Waals surface area contributed by atoms with E-state index < -0.39 is 0 Å². The molecule has 0 N–H and O–H groups in total. The summed E-state index contributed by atoms with van der Waals surface area (Å²) in [5.41, 5.74) is 1.40. The largest absolute Gasteiger partial charge is 0.372 e. The molecule has 1 saturated carbocycles. The van der Waals surface area contributed by atoms with Crippen molar-refractivity contribution in [3.8, 4) is 0 Å². The van der Waals surface area contributed by atoms with Gasteiger partial charge >= 0.3 is 0 Å². The Morgan fingerprint density at radius 1 is 1.47 bits per heavy atom. The van der Waals surface area contributed by atoms with E-state index in [-0.39, 0.29) is 0 Å². The van der Waals surface area contributed by atoms with Gasteiger partial charge in [0.05, 0.1) is 0 Å². The number of hydrogen-bond donors (Lipinski definition) is 0. The maximum Gasteiger partial charge on any atom is 0.0327 e. The molecule has 1 heteroatoms. The molecule has 0 radical (unpaired) electrons. The van der Waals surface area contributed by atoms with Gasteiger partial charge in [-0.3, -0.25) is 0 Å². The Labute approximate surface area is 92.8 Å². The lowest BCUT2D eigenvalue weighted by molar-refractivity contribution is 0.136. The lowest BCUT2D eigenvalue weighted by atomic mass is 9.68. The van der Waals surface area contributed by atoms with Crippen molar-refractivity contribution in [2.75, 3.05) is 6.54 Å². The van der Waals surface area contributed by atoms with Crippen LogP contribution in [0.25, 0.3) is 0 Å². The summed E-state index contributed by atoms with van der Waals surface area (Å²) < 4.78 is 0. The number of hydrogen-bond acceptors (Lipinski definition) is 1. The zero-order chi connectivity index (χ0) is 10.4. The molecule has 4 atom stereocenters. The lowest BCUT2D eigenvalue weighted by Gasteiger charge is -2.39. The van der Waals surface area contributed by atoms with Crippen LogP contribution < -0.4 is 0 Å². The summed E-state index contributed by atoms with van der Waals surface area (Å²) in [6.45, 7) is 7.75. The van der Waals surface area contributed by atoms with E-state index in [9.17, 15) is 0 Å². The third-order valence-corrected chi connectivity index (χ3v) is 4.76. The quantitative estimate of drug-likeness (QED) is 0.592. The lowest BCUT2D eigenvalue weighted by Crippen LogP contribution is -2.39. The van der Waals surface area contributed by atoms with E-state index >= 15 is 0 Å². The normalized spacial score (nSPS) is 43.3. The van der Waals surface area contributed by atoms with Gasteiger partial charge in [-0.2, -0.15) is 0 Å². The van der Waals surface area contributed by atoms with Gasteiger partial charge in [-0.1, -0.05) is 25.2 Å². The first kappa shape index (κ1) is 9.50. The van der Waals surface area contributed by atoms with Gasteiger partial charge in [0.25, 0.3) is 0 Å². The molecule has 4 unspecified atom stereocenters. The standard InChI is InChI=1S/C14H21N/c1-3-15-10(2)12-8-4-6-11-7-5-9-13(15)14(11)12/h4,8,11-14H,2-3,5-7,9H2,1H3. The number of likely N-dealkylation sites (tertiary alicyclic amines) is 1. The molecular weight excluding hydrogens is 182 g/mol. The molecule has 2 fully saturated rings. The first-order valence-electron chi connectivity index (χ1n) is 6.45. The van der Waals surface area contributed by atoms with E-state index in [1.807, 2.05) is 0 Å². The second-order valence-electron chi connectivity index (χ2n) is 5.30. The molecule has 2 aliphatic carbocycles. The third kappa shape index (κ3) is 1.22. The molecule has 3 rings (SSSR count). The summed E-state index contributed by atoms with van der Waals surface area (Å²) in [4.78, 5) is 2.58. The van der Waals surface area contributed by atoms with E-state index in [0.717, 1.165) is 24.4 Å². The second kappa shape index (κ2) is 3.40. The summed E-state index contributed by atoms with van der Waals surface area (Å²) in [5, 5.41) is 0. The summed E-state index contributed by atoms with van der Waals surface area (Å²) >= 11 is 0. The molecule has 1 saturated heterocycles. The molecule has 0 aromatic carbocycles. The highest BCUT2D eigenvalue weighted by Crippen LogP contribution is 2.51. The molecule has 0 bridgehead atoms. The Hall–Kier alpha value is -0.720. The van der Waals surface area contributed by atoms with Gasteiger partial charge in [0, 0.05) is 24.2 Å². The van der Waals surface area contributed by atoms with Crippen LogP contribution in [-0.4, -0.2) is 17.5 Å². The molecular formula is C14H21N. The summed E-state index contributed by atoms with van der Waals surface area (Å²) in [7, 11) is 0. The van der Waals surface area contributed by atoms with E-state index in [4.69, 9.17) is 0 Å².